The van der Waals surface area contributed by atoms with Gasteiger partial charge in [0.25, 0.3) is 5.91 Å². The molecular formula is C19H31N3O5S. The van der Waals surface area contributed by atoms with Crippen molar-refractivity contribution < 1.29 is 22.7 Å². The molecule has 1 saturated heterocycles. The van der Waals surface area contributed by atoms with Crippen molar-refractivity contribution >= 4 is 21.9 Å². The lowest BCUT2D eigenvalue weighted by Gasteiger charge is -2.32. The van der Waals surface area contributed by atoms with Crippen molar-refractivity contribution in [3.63, 3.8) is 0 Å². The van der Waals surface area contributed by atoms with Crippen LogP contribution < -0.4 is 4.72 Å². The van der Waals surface area contributed by atoms with E-state index in [4.69, 9.17) is 4.74 Å². The zero-order chi connectivity index (χ0) is 21.1. The number of aryl methyl sites for hydroxylation is 1. The molecule has 0 aliphatic carbocycles. The highest BCUT2D eigenvalue weighted by Crippen LogP contribution is 2.22. The number of H-pyrrole nitrogens is 1. The van der Waals surface area contributed by atoms with E-state index >= 15 is 0 Å². The maximum atomic E-state index is 12.9. The molecule has 1 aliphatic heterocycles. The third-order valence-electron chi connectivity index (χ3n) is 4.80. The van der Waals surface area contributed by atoms with Gasteiger partial charge in [0.1, 0.15) is 5.69 Å². The molecule has 1 aliphatic rings. The molecule has 2 heterocycles. The summed E-state index contributed by atoms with van der Waals surface area (Å²) in [4.78, 5) is 30.0. The molecule has 0 unspecified atom stereocenters. The zero-order valence-corrected chi connectivity index (χ0v) is 18.1. The van der Waals surface area contributed by atoms with Crippen LogP contribution in [0.2, 0.25) is 0 Å². The molecule has 28 heavy (non-hydrogen) atoms. The highest BCUT2D eigenvalue weighted by Gasteiger charge is 2.30. The SMILES string of the molecule is CCCS(=O)(=O)NC1CCN(C(=O)c2[nH]c(C)c(C(=O)OC(C)C)c2C)CC1. The minimum absolute atomic E-state index is 0.113. The van der Waals surface area contributed by atoms with E-state index < -0.39 is 16.0 Å². The van der Waals surface area contributed by atoms with E-state index in [1.54, 1.807) is 32.6 Å². The van der Waals surface area contributed by atoms with E-state index in [0.29, 0.717) is 54.9 Å². The van der Waals surface area contributed by atoms with Crippen LogP contribution in [0.25, 0.3) is 0 Å². The Kier molecular flexibility index (Phi) is 7.28. The second-order valence-electron chi connectivity index (χ2n) is 7.58. The highest BCUT2D eigenvalue weighted by atomic mass is 32.2. The highest BCUT2D eigenvalue weighted by molar-refractivity contribution is 7.89. The van der Waals surface area contributed by atoms with Crippen molar-refractivity contribution in [3.8, 4) is 0 Å². The number of carbonyl (C=O) groups excluding carboxylic acids is 2. The van der Waals surface area contributed by atoms with E-state index in [1.165, 1.54) is 0 Å². The largest absolute Gasteiger partial charge is 0.459 e. The van der Waals surface area contributed by atoms with Gasteiger partial charge in [-0.25, -0.2) is 17.9 Å². The predicted octanol–water partition coefficient (Wildman–Crippen LogP) is 2.13. The fourth-order valence-corrected chi connectivity index (χ4v) is 4.88. The number of piperidine rings is 1. The molecule has 0 saturated carbocycles. The number of nitrogens with one attached hydrogen (secondary N) is 2. The minimum atomic E-state index is -3.26. The second kappa shape index (κ2) is 9.09. The van der Waals surface area contributed by atoms with E-state index in [-0.39, 0.29) is 23.8 Å². The van der Waals surface area contributed by atoms with Gasteiger partial charge in [-0.15, -0.1) is 0 Å². The molecule has 158 valence electrons. The molecule has 0 radical (unpaired) electrons. The van der Waals surface area contributed by atoms with Crippen molar-refractivity contribution in [1.29, 1.82) is 0 Å². The monoisotopic (exact) mass is 413 g/mol. The van der Waals surface area contributed by atoms with Gasteiger partial charge in [0, 0.05) is 24.8 Å². The van der Waals surface area contributed by atoms with Crippen LogP contribution in [-0.2, 0) is 14.8 Å². The number of ether oxygens (including phenoxy) is 1. The first-order chi connectivity index (χ1) is 13.1. The standard InChI is InChI=1S/C19H31N3O5S/c1-6-11-28(25,26)21-15-7-9-22(10-8-15)18(23)17-13(4)16(14(5)20-17)19(24)27-12(2)3/h12,15,20-21H,6-11H2,1-5H3. The Morgan fingerprint density at radius 2 is 1.86 bits per heavy atom. The van der Waals surface area contributed by atoms with Gasteiger partial charge in [-0.3, -0.25) is 4.79 Å². The van der Waals surface area contributed by atoms with Gasteiger partial charge >= 0.3 is 5.97 Å². The second-order valence-corrected chi connectivity index (χ2v) is 9.46. The van der Waals surface area contributed by atoms with Gasteiger partial charge < -0.3 is 14.6 Å². The van der Waals surface area contributed by atoms with Crippen molar-refractivity contribution in [1.82, 2.24) is 14.6 Å². The molecule has 1 aromatic heterocycles. The molecule has 1 aromatic rings. The summed E-state index contributed by atoms with van der Waals surface area (Å²) in [5.41, 5.74) is 1.98. The maximum Gasteiger partial charge on any atom is 0.340 e. The molecule has 0 aromatic carbocycles. The number of amides is 1. The van der Waals surface area contributed by atoms with Crippen LogP contribution in [0.15, 0.2) is 0 Å². The number of carbonyl (C=O) groups is 2. The zero-order valence-electron chi connectivity index (χ0n) is 17.3. The van der Waals surface area contributed by atoms with Crippen LogP contribution in [0.3, 0.4) is 0 Å². The van der Waals surface area contributed by atoms with Gasteiger partial charge in [-0.05, 0) is 52.5 Å². The van der Waals surface area contributed by atoms with E-state index in [9.17, 15) is 18.0 Å². The number of nitrogens with zero attached hydrogens (tertiary/aromatic N) is 1. The Balaban J connectivity index is 2.05. The summed E-state index contributed by atoms with van der Waals surface area (Å²) in [5.74, 6) is -0.508. The van der Waals surface area contributed by atoms with E-state index in [2.05, 4.69) is 9.71 Å². The van der Waals surface area contributed by atoms with Crippen LogP contribution in [0.1, 0.15) is 72.1 Å². The minimum Gasteiger partial charge on any atom is -0.459 e. The van der Waals surface area contributed by atoms with Crippen molar-refractivity contribution in [2.75, 3.05) is 18.8 Å². The first-order valence-corrected chi connectivity index (χ1v) is 11.4. The van der Waals surface area contributed by atoms with E-state index in [0.717, 1.165) is 0 Å². The molecule has 2 rings (SSSR count). The number of sulfonamides is 1. The fraction of sp³-hybridized carbons (Fsp3) is 0.684. The van der Waals surface area contributed by atoms with Crippen molar-refractivity contribution in [2.45, 2.75) is 66.0 Å². The maximum absolute atomic E-state index is 12.9. The van der Waals surface area contributed by atoms with Crippen LogP contribution >= 0.6 is 0 Å². The fourth-order valence-electron chi connectivity index (χ4n) is 3.48. The molecule has 2 N–H and O–H groups in total. The first kappa shape index (κ1) is 22.4. The molecule has 0 atom stereocenters. The number of rotatable bonds is 7. The number of likely N-dealkylation sites (tertiary alicyclic amines) is 1. The molecular weight excluding hydrogens is 382 g/mol. The Bertz CT molecular complexity index is 821. The third-order valence-corrected chi connectivity index (χ3v) is 6.44. The van der Waals surface area contributed by atoms with Gasteiger partial charge in [0.05, 0.1) is 17.4 Å². The number of hydrogen-bond acceptors (Lipinski definition) is 5. The van der Waals surface area contributed by atoms with Crippen LogP contribution in [-0.4, -0.2) is 61.2 Å². The molecule has 9 heteroatoms. The quantitative estimate of drug-likeness (QED) is 0.666. The van der Waals surface area contributed by atoms with Crippen LogP contribution in [0.4, 0.5) is 0 Å². The normalized spacial score (nSPS) is 15.9. The van der Waals surface area contributed by atoms with Gasteiger partial charge in [-0.2, -0.15) is 0 Å². The van der Waals surface area contributed by atoms with Crippen molar-refractivity contribution in [2.24, 2.45) is 0 Å². The number of esters is 1. The molecule has 1 fully saturated rings. The lowest BCUT2D eigenvalue weighted by molar-refractivity contribution is 0.0376. The summed E-state index contributed by atoms with van der Waals surface area (Å²) in [6.07, 6.45) is 1.46. The Morgan fingerprint density at radius 3 is 2.39 bits per heavy atom. The smallest absolute Gasteiger partial charge is 0.340 e. The predicted molar refractivity (Wildman–Crippen MR) is 107 cm³/mol. The summed E-state index contributed by atoms with van der Waals surface area (Å²) in [5, 5.41) is 0. The average molecular weight is 414 g/mol. The van der Waals surface area contributed by atoms with Gasteiger partial charge in [-0.1, -0.05) is 6.92 Å². The average Bonchev–Trinajstić information content (AvgIpc) is 2.88. The molecule has 0 bridgehead atoms. The number of aromatic amines is 1. The summed E-state index contributed by atoms with van der Waals surface area (Å²) in [7, 11) is -3.26. The van der Waals surface area contributed by atoms with Gasteiger partial charge in [0.2, 0.25) is 10.0 Å². The lowest BCUT2D eigenvalue weighted by atomic mass is 10.0. The van der Waals surface area contributed by atoms with Crippen molar-refractivity contribution in [3.05, 3.63) is 22.5 Å². The van der Waals surface area contributed by atoms with E-state index in [1.807, 2.05) is 6.92 Å². The topological polar surface area (TPSA) is 109 Å². The number of hydrogen-bond donors (Lipinski definition) is 2. The summed E-state index contributed by atoms with van der Waals surface area (Å²) >= 11 is 0. The summed E-state index contributed by atoms with van der Waals surface area (Å²) in [6.45, 7) is 9.78. The van der Waals surface area contributed by atoms with Crippen LogP contribution in [0.5, 0.6) is 0 Å². The first-order valence-electron chi connectivity index (χ1n) is 9.75. The molecule has 0 spiro atoms. The van der Waals surface area contributed by atoms with Gasteiger partial charge in [0.15, 0.2) is 0 Å². The number of aromatic nitrogens is 1. The lowest BCUT2D eigenvalue weighted by Crippen LogP contribution is -2.47. The molecule has 8 nitrogen and oxygen atoms in total. The summed E-state index contributed by atoms with van der Waals surface area (Å²) < 4.78 is 31.8. The summed E-state index contributed by atoms with van der Waals surface area (Å²) in [6, 6.07) is -0.149. The van der Waals surface area contributed by atoms with Crippen LogP contribution in [0, 0.1) is 13.8 Å². The Labute approximate surface area is 167 Å². The third kappa shape index (κ3) is 5.35. The Hall–Kier alpha value is -1.87. The Morgan fingerprint density at radius 1 is 1.25 bits per heavy atom. The molecule has 1 amide bonds.